The standard InChI is InChI=1S/C19H23N3O3S2/c1-4-6-9-27-19-21-16-15(17(23)22-19)14(12-8-7-10-26-12)13(11(3)20-16)18(24)25-5-2/h7-8,10,14H,4-6,9H2,1-3H3,(H2,20,21,22,23)/t14-/m0/s1. The van der Waals surface area contributed by atoms with Gasteiger partial charge in [0.1, 0.15) is 5.82 Å². The molecule has 0 amide bonds. The number of ether oxygens (including phenoxy) is 1. The van der Waals surface area contributed by atoms with Crippen LogP contribution in [0, 0.1) is 0 Å². The molecular weight excluding hydrogens is 382 g/mol. The van der Waals surface area contributed by atoms with Crippen LogP contribution in [0.15, 0.2) is 38.7 Å². The van der Waals surface area contributed by atoms with E-state index in [0.29, 0.717) is 27.8 Å². The number of nitrogens with zero attached hydrogens (tertiary/aromatic N) is 1. The Morgan fingerprint density at radius 3 is 2.89 bits per heavy atom. The van der Waals surface area contributed by atoms with Crippen molar-refractivity contribution in [3.8, 4) is 0 Å². The predicted octanol–water partition coefficient (Wildman–Crippen LogP) is 4.12. The van der Waals surface area contributed by atoms with E-state index in [1.165, 1.54) is 23.1 Å². The van der Waals surface area contributed by atoms with Crippen molar-refractivity contribution in [1.82, 2.24) is 9.97 Å². The largest absolute Gasteiger partial charge is 0.463 e. The number of nitrogens with one attached hydrogen (secondary N) is 2. The first-order valence-corrected chi connectivity index (χ1v) is 10.9. The maximum absolute atomic E-state index is 12.9. The molecule has 2 N–H and O–H groups in total. The van der Waals surface area contributed by atoms with E-state index < -0.39 is 11.9 Å². The van der Waals surface area contributed by atoms with E-state index in [2.05, 4.69) is 22.2 Å². The number of H-pyrrole nitrogens is 1. The monoisotopic (exact) mass is 405 g/mol. The molecule has 0 bridgehead atoms. The van der Waals surface area contributed by atoms with Gasteiger partial charge in [0, 0.05) is 16.3 Å². The SMILES string of the molecule is CCCCSc1nc2c(c(=O)[nH]1)[C@@H](c1cccs1)C(C(=O)OCC)=C(C)N2. The van der Waals surface area contributed by atoms with Crippen molar-refractivity contribution in [2.24, 2.45) is 0 Å². The molecule has 6 nitrogen and oxygen atoms in total. The second-order valence-electron chi connectivity index (χ2n) is 6.17. The Morgan fingerprint density at radius 1 is 1.41 bits per heavy atom. The molecule has 0 radical (unpaired) electrons. The molecule has 0 unspecified atom stereocenters. The van der Waals surface area contributed by atoms with Crippen molar-refractivity contribution in [2.75, 3.05) is 17.7 Å². The van der Waals surface area contributed by atoms with Crippen LogP contribution in [0.4, 0.5) is 5.82 Å². The zero-order valence-corrected chi connectivity index (χ0v) is 17.3. The molecule has 0 saturated carbocycles. The number of allylic oxidation sites excluding steroid dienone is 1. The molecule has 3 rings (SSSR count). The predicted molar refractivity (Wildman–Crippen MR) is 110 cm³/mol. The van der Waals surface area contributed by atoms with Gasteiger partial charge in [-0.3, -0.25) is 4.79 Å². The number of unbranched alkanes of at least 4 members (excludes halogenated alkanes) is 1. The Morgan fingerprint density at radius 2 is 2.22 bits per heavy atom. The van der Waals surface area contributed by atoms with Crippen molar-refractivity contribution in [2.45, 2.75) is 44.7 Å². The summed E-state index contributed by atoms with van der Waals surface area (Å²) in [7, 11) is 0. The van der Waals surface area contributed by atoms with E-state index in [9.17, 15) is 9.59 Å². The van der Waals surface area contributed by atoms with E-state index in [1.807, 2.05) is 24.4 Å². The number of hydrogen-bond acceptors (Lipinski definition) is 7. The molecule has 1 aliphatic rings. The number of fused-ring (bicyclic) bond motifs is 1. The van der Waals surface area contributed by atoms with E-state index in [1.54, 1.807) is 6.92 Å². The maximum Gasteiger partial charge on any atom is 0.336 e. The molecule has 0 aromatic carbocycles. The minimum Gasteiger partial charge on any atom is -0.463 e. The van der Waals surface area contributed by atoms with Gasteiger partial charge in [0.05, 0.1) is 23.7 Å². The van der Waals surface area contributed by atoms with E-state index in [4.69, 9.17) is 4.74 Å². The van der Waals surface area contributed by atoms with Gasteiger partial charge in [-0.25, -0.2) is 9.78 Å². The summed E-state index contributed by atoms with van der Waals surface area (Å²) >= 11 is 3.04. The number of anilines is 1. The van der Waals surface area contributed by atoms with Crippen LogP contribution in [0.2, 0.25) is 0 Å². The van der Waals surface area contributed by atoms with Gasteiger partial charge in [-0.05, 0) is 31.7 Å². The molecule has 0 fully saturated rings. The van der Waals surface area contributed by atoms with Crippen LogP contribution in [-0.4, -0.2) is 28.3 Å². The molecule has 144 valence electrons. The fraction of sp³-hybridized carbons (Fsp3) is 0.421. The summed E-state index contributed by atoms with van der Waals surface area (Å²) in [6.45, 7) is 6.00. The topological polar surface area (TPSA) is 84.1 Å². The fourth-order valence-electron chi connectivity index (χ4n) is 3.03. The van der Waals surface area contributed by atoms with Gasteiger partial charge in [0.2, 0.25) is 0 Å². The second kappa shape index (κ2) is 8.75. The van der Waals surface area contributed by atoms with Crippen molar-refractivity contribution >= 4 is 34.9 Å². The van der Waals surface area contributed by atoms with Gasteiger partial charge < -0.3 is 15.0 Å². The molecule has 0 aliphatic carbocycles. The first-order valence-electron chi connectivity index (χ1n) is 9.02. The minimum absolute atomic E-state index is 0.223. The highest BCUT2D eigenvalue weighted by Gasteiger charge is 2.36. The summed E-state index contributed by atoms with van der Waals surface area (Å²) in [4.78, 5) is 34.0. The summed E-state index contributed by atoms with van der Waals surface area (Å²) < 4.78 is 5.26. The lowest BCUT2D eigenvalue weighted by Gasteiger charge is -2.27. The van der Waals surface area contributed by atoms with Crippen molar-refractivity contribution in [3.63, 3.8) is 0 Å². The van der Waals surface area contributed by atoms with Gasteiger partial charge in [-0.15, -0.1) is 11.3 Å². The minimum atomic E-state index is -0.480. The Hall–Kier alpha value is -2.06. The molecule has 27 heavy (non-hydrogen) atoms. The third-order valence-electron chi connectivity index (χ3n) is 4.28. The average molecular weight is 406 g/mol. The summed E-state index contributed by atoms with van der Waals surface area (Å²) in [5.74, 6) is 0.524. The van der Waals surface area contributed by atoms with Crippen LogP contribution in [-0.2, 0) is 9.53 Å². The fourth-order valence-corrected chi connectivity index (χ4v) is 4.82. The average Bonchev–Trinajstić information content (AvgIpc) is 3.15. The van der Waals surface area contributed by atoms with Crippen molar-refractivity contribution in [1.29, 1.82) is 0 Å². The van der Waals surface area contributed by atoms with Gasteiger partial charge in [0.25, 0.3) is 5.56 Å². The number of carbonyl (C=O) groups is 1. The Bertz CT molecular complexity index is 903. The van der Waals surface area contributed by atoms with Crippen LogP contribution < -0.4 is 10.9 Å². The summed E-state index contributed by atoms with van der Waals surface area (Å²) in [5, 5.41) is 5.68. The molecular formula is C19H23N3O3S2. The molecule has 8 heteroatoms. The van der Waals surface area contributed by atoms with Gasteiger partial charge in [-0.1, -0.05) is 31.2 Å². The van der Waals surface area contributed by atoms with Gasteiger partial charge in [-0.2, -0.15) is 0 Å². The highest BCUT2D eigenvalue weighted by Crippen LogP contribution is 2.41. The number of carbonyl (C=O) groups excluding carboxylic acids is 1. The Labute approximate surface area is 166 Å². The number of rotatable bonds is 7. The van der Waals surface area contributed by atoms with Crippen LogP contribution >= 0.6 is 23.1 Å². The highest BCUT2D eigenvalue weighted by atomic mass is 32.2. The summed E-state index contributed by atoms with van der Waals surface area (Å²) in [5.41, 5.74) is 1.37. The number of hydrogen-bond donors (Lipinski definition) is 2. The van der Waals surface area contributed by atoms with Gasteiger partial charge in [0.15, 0.2) is 5.16 Å². The zero-order valence-electron chi connectivity index (χ0n) is 15.6. The Kier molecular flexibility index (Phi) is 6.38. The number of thioether (sulfide) groups is 1. The number of aromatic nitrogens is 2. The number of thiophene rings is 1. The van der Waals surface area contributed by atoms with E-state index in [0.717, 1.165) is 23.5 Å². The summed E-state index contributed by atoms with van der Waals surface area (Å²) in [6.07, 6.45) is 2.15. The van der Waals surface area contributed by atoms with Gasteiger partial charge >= 0.3 is 5.97 Å². The van der Waals surface area contributed by atoms with Crippen LogP contribution in [0.1, 0.15) is 50.0 Å². The molecule has 0 spiro atoms. The maximum atomic E-state index is 12.9. The highest BCUT2D eigenvalue weighted by molar-refractivity contribution is 7.99. The molecule has 2 aromatic rings. The normalized spacial score (nSPS) is 16.0. The molecule has 1 atom stereocenters. The molecule has 2 aromatic heterocycles. The van der Waals surface area contributed by atoms with Crippen LogP contribution in [0.5, 0.6) is 0 Å². The lowest BCUT2D eigenvalue weighted by molar-refractivity contribution is -0.138. The van der Waals surface area contributed by atoms with E-state index >= 15 is 0 Å². The lowest BCUT2D eigenvalue weighted by atomic mass is 9.86. The summed E-state index contributed by atoms with van der Waals surface area (Å²) in [6, 6.07) is 3.84. The second-order valence-corrected chi connectivity index (χ2v) is 8.23. The zero-order chi connectivity index (χ0) is 19.4. The first kappa shape index (κ1) is 19.7. The van der Waals surface area contributed by atoms with Crippen molar-refractivity contribution in [3.05, 3.63) is 49.6 Å². The van der Waals surface area contributed by atoms with E-state index in [-0.39, 0.29) is 12.2 Å². The quantitative estimate of drug-likeness (QED) is 0.312. The molecule has 3 heterocycles. The third-order valence-corrected chi connectivity index (χ3v) is 6.18. The Balaban J connectivity index is 2.08. The molecule has 0 saturated heterocycles. The first-order chi connectivity index (χ1) is 13.1. The van der Waals surface area contributed by atoms with Crippen LogP contribution in [0.25, 0.3) is 0 Å². The number of esters is 1. The van der Waals surface area contributed by atoms with Crippen LogP contribution in [0.3, 0.4) is 0 Å². The lowest BCUT2D eigenvalue weighted by Crippen LogP contribution is -2.30. The van der Waals surface area contributed by atoms with Crippen molar-refractivity contribution < 1.29 is 9.53 Å². The third kappa shape index (κ3) is 4.11. The smallest absolute Gasteiger partial charge is 0.336 e. The molecule has 1 aliphatic heterocycles. The number of aromatic amines is 1.